The summed E-state index contributed by atoms with van der Waals surface area (Å²) in [4.78, 5) is 17.8. The van der Waals surface area contributed by atoms with Crippen LogP contribution in [-0.4, -0.2) is 52.8 Å². The fourth-order valence-electron chi connectivity index (χ4n) is 1.97. The molecular weight excluding hydrogens is 208 g/mol. The van der Waals surface area contributed by atoms with Crippen LogP contribution in [0.4, 0.5) is 0 Å². The molecule has 6 heteroatoms. The van der Waals surface area contributed by atoms with Crippen molar-refractivity contribution in [2.45, 2.75) is 13.3 Å². The average molecular weight is 224 g/mol. The standard InChI is InChI=1S/C10H16N4O2/c1-7-11-9(13-12-7)10(15)14-4-3-8(5-14)6-16-2/h8H,3-6H2,1-2H3,(H,11,12,13). The maximum atomic E-state index is 12.0. The number of methoxy groups -OCH3 is 1. The predicted molar refractivity (Wildman–Crippen MR) is 57.0 cm³/mol. The third kappa shape index (κ3) is 2.21. The number of carbonyl (C=O) groups is 1. The largest absolute Gasteiger partial charge is 0.384 e. The van der Waals surface area contributed by atoms with Gasteiger partial charge in [-0.1, -0.05) is 0 Å². The fraction of sp³-hybridized carbons (Fsp3) is 0.700. The molecular formula is C10H16N4O2. The van der Waals surface area contributed by atoms with Crippen LogP contribution in [0.1, 0.15) is 22.9 Å². The van der Waals surface area contributed by atoms with Crippen LogP contribution in [0.2, 0.25) is 0 Å². The number of H-pyrrole nitrogens is 1. The lowest BCUT2D eigenvalue weighted by Gasteiger charge is -2.13. The van der Waals surface area contributed by atoms with Crippen LogP contribution in [0, 0.1) is 12.8 Å². The Morgan fingerprint density at radius 3 is 3.12 bits per heavy atom. The van der Waals surface area contributed by atoms with Gasteiger partial charge < -0.3 is 9.64 Å². The van der Waals surface area contributed by atoms with Crippen LogP contribution in [0.15, 0.2) is 0 Å². The Morgan fingerprint density at radius 2 is 2.50 bits per heavy atom. The van der Waals surface area contributed by atoms with Crippen LogP contribution >= 0.6 is 0 Å². The van der Waals surface area contributed by atoms with Gasteiger partial charge in [-0.25, -0.2) is 4.98 Å². The molecule has 1 unspecified atom stereocenters. The summed E-state index contributed by atoms with van der Waals surface area (Å²) >= 11 is 0. The Kier molecular flexibility index (Phi) is 3.19. The van der Waals surface area contributed by atoms with E-state index in [1.165, 1.54) is 0 Å². The normalized spacial score (nSPS) is 20.4. The Morgan fingerprint density at radius 1 is 1.69 bits per heavy atom. The number of aryl methyl sites for hydroxylation is 1. The maximum Gasteiger partial charge on any atom is 0.293 e. The number of ether oxygens (including phenoxy) is 1. The van der Waals surface area contributed by atoms with Crippen LogP contribution in [0.5, 0.6) is 0 Å². The summed E-state index contributed by atoms with van der Waals surface area (Å²) in [5.74, 6) is 1.27. The third-order valence-electron chi connectivity index (χ3n) is 2.76. The van der Waals surface area contributed by atoms with Crippen molar-refractivity contribution >= 4 is 5.91 Å². The zero-order chi connectivity index (χ0) is 11.5. The molecule has 1 aliphatic rings. The molecule has 0 aromatic carbocycles. The lowest BCUT2D eigenvalue weighted by molar-refractivity contribution is 0.0764. The second kappa shape index (κ2) is 4.61. The van der Waals surface area contributed by atoms with Crippen molar-refractivity contribution in [3.63, 3.8) is 0 Å². The number of likely N-dealkylation sites (tertiary alicyclic amines) is 1. The lowest BCUT2D eigenvalue weighted by atomic mass is 10.1. The van der Waals surface area contributed by atoms with Gasteiger partial charge in [0, 0.05) is 26.1 Å². The summed E-state index contributed by atoms with van der Waals surface area (Å²) in [6.45, 7) is 3.99. The molecule has 6 nitrogen and oxygen atoms in total. The SMILES string of the molecule is COCC1CCN(C(=O)c2n[nH]c(C)n2)C1. The third-order valence-corrected chi connectivity index (χ3v) is 2.76. The second-order valence-corrected chi connectivity index (χ2v) is 4.11. The van der Waals surface area contributed by atoms with Gasteiger partial charge in [-0.15, -0.1) is 5.10 Å². The van der Waals surface area contributed by atoms with Crippen LogP contribution in [0.3, 0.4) is 0 Å². The van der Waals surface area contributed by atoms with Gasteiger partial charge >= 0.3 is 0 Å². The first-order valence-electron chi connectivity index (χ1n) is 5.38. The number of rotatable bonds is 3. The zero-order valence-corrected chi connectivity index (χ0v) is 9.56. The molecule has 2 rings (SSSR count). The van der Waals surface area contributed by atoms with Crippen LogP contribution in [-0.2, 0) is 4.74 Å². The van der Waals surface area contributed by atoms with Gasteiger partial charge in [0.25, 0.3) is 5.91 Å². The highest BCUT2D eigenvalue weighted by atomic mass is 16.5. The van der Waals surface area contributed by atoms with Crippen LogP contribution < -0.4 is 0 Å². The molecule has 1 N–H and O–H groups in total. The van der Waals surface area contributed by atoms with Gasteiger partial charge in [-0.3, -0.25) is 9.89 Å². The van der Waals surface area contributed by atoms with Gasteiger partial charge in [0.05, 0.1) is 6.61 Å². The van der Waals surface area contributed by atoms with Gasteiger partial charge in [-0.2, -0.15) is 0 Å². The predicted octanol–water partition coefficient (Wildman–Crippen LogP) is 0.222. The lowest BCUT2D eigenvalue weighted by Crippen LogP contribution is -2.30. The molecule has 0 spiro atoms. The number of amides is 1. The van der Waals surface area contributed by atoms with E-state index in [-0.39, 0.29) is 11.7 Å². The van der Waals surface area contributed by atoms with Crippen molar-refractivity contribution in [2.75, 3.05) is 26.8 Å². The summed E-state index contributed by atoms with van der Waals surface area (Å²) in [5, 5.41) is 6.55. The molecule has 1 atom stereocenters. The number of nitrogens with one attached hydrogen (secondary N) is 1. The molecule has 88 valence electrons. The molecule has 1 amide bonds. The molecule has 0 aliphatic carbocycles. The van der Waals surface area contributed by atoms with Crippen molar-refractivity contribution in [3.8, 4) is 0 Å². The maximum absolute atomic E-state index is 12.0. The van der Waals surface area contributed by atoms with Crippen molar-refractivity contribution in [3.05, 3.63) is 11.6 Å². The van der Waals surface area contributed by atoms with Gasteiger partial charge in [0.1, 0.15) is 5.82 Å². The smallest absolute Gasteiger partial charge is 0.293 e. The van der Waals surface area contributed by atoms with Crippen molar-refractivity contribution in [1.82, 2.24) is 20.1 Å². The zero-order valence-electron chi connectivity index (χ0n) is 9.56. The first-order chi connectivity index (χ1) is 7.70. The summed E-state index contributed by atoms with van der Waals surface area (Å²) in [6, 6.07) is 0. The molecule has 2 heterocycles. The first kappa shape index (κ1) is 11.1. The molecule has 1 aliphatic heterocycles. The van der Waals surface area contributed by atoms with E-state index >= 15 is 0 Å². The fourth-order valence-corrected chi connectivity index (χ4v) is 1.97. The van der Waals surface area contributed by atoms with Gasteiger partial charge in [-0.05, 0) is 13.3 Å². The van der Waals surface area contributed by atoms with Gasteiger partial charge in [0.15, 0.2) is 0 Å². The first-order valence-corrected chi connectivity index (χ1v) is 5.38. The van der Waals surface area contributed by atoms with Crippen molar-refractivity contribution in [2.24, 2.45) is 5.92 Å². The number of carbonyl (C=O) groups excluding carboxylic acids is 1. The highest BCUT2D eigenvalue weighted by molar-refractivity contribution is 5.90. The van der Waals surface area contributed by atoms with E-state index in [0.29, 0.717) is 18.3 Å². The molecule has 0 saturated carbocycles. The Hall–Kier alpha value is -1.43. The number of nitrogens with zero attached hydrogens (tertiary/aromatic N) is 3. The summed E-state index contributed by atoms with van der Waals surface area (Å²) < 4.78 is 5.09. The van der Waals surface area contributed by atoms with Crippen molar-refractivity contribution < 1.29 is 9.53 Å². The molecule has 1 fully saturated rings. The average Bonchev–Trinajstić information content (AvgIpc) is 2.87. The number of aromatic nitrogens is 3. The minimum Gasteiger partial charge on any atom is -0.384 e. The van der Waals surface area contributed by atoms with E-state index in [1.54, 1.807) is 18.9 Å². The molecule has 1 saturated heterocycles. The number of hydrogen-bond acceptors (Lipinski definition) is 4. The summed E-state index contributed by atoms with van der Waals surface area (Å²) in [6.07, 6.45) is 0.989. The monoisotopic (exact) mass is 224 g/mol. The highest BCUT2D eigenvalue weighted by Gasteiger charge is 2.28. The topological polar surface area (TPSA) is 71.1 Å². The van der Waals surface area contributed by atoms with Crippen molar-refractivity contribution in [1.29, 1.82) is 0 Å². The molecule has 1 aromatic heterocycles. The Balaban J connectivity index is 1.97. The second-order valence-electron chi connectivity index (χ2n) is 4.11. The number of hydrogen-bond donors (Lipinski definition) is 1. The van der Waals surface area contributed by atoms with Gasteiger partial charge in [0.2, 0.25) is 5.82 Å². The number of aromatic amines is 1. The minimum absolute atomic E-state index is 0.0945. The van der Waals surface area contributed by atoms with E-state index in [0.717, 1.165) is 19.5 Å². The van der Waals surface area contributed by atoms with E-state index in [4.69, 9.17) is 4.74 Å². The summed E-state index contributed by atoms with van der Waals surface area (Å²) in [5.41, 5.74) is 0. The van der Waals surface area contributed by atoms with E-state index in [9.17, 15) is 4.79 Å². The van der Waals surface area contributed by atoms with E-state index in [1.807, 2.05) is 0 Å². The Bertz CT molecular complexity index is 377. The molecule has 0 radical (unpaired) electrons. The quantitative estimate of drug-likeness (QED) is 0.797. The molecule has 16 heavy (non-hydrogen) atoms. The van der Waals surface area contributed by atoms with Crippen LogP contribution in [0.25, 0.3) is 0 Å². The van der Waals surface area contributed by atoms with E-state index < -0.39 is 0 Å². The molecule has 1 aromatic rings. The minimum atomic E-state index is -0.0945. The van der Waals surface area contributed by atoms with E-state index in [2.05, 4.69) is 15.2 Å². The highest BCUT2D eigenvalue weighted by Crippen LogP contribution is 2.17. The molecule has 0 bridgehead atoms. The Labute approximate surface area is 94.0 Å². The summed E-state index contributed by atoms with van der Waals surface area (Å²) in [7, 11) is 1.68.